The molecule has 24 heavy (non-hydrogen) atoms. The number of rotatable bonds is 9. The van der Waals surface area contributed by atoms with Gasteiger partial charge in [0.15, 0.2) is 11.6 Å². The Hall–Kier alpha value is -1.88. The summed E-state index contributed by atoms with van der Waals surface area (Å²) in [5, 5.41) is 2.96. The molecule has 0 bridgehead atoms. The molecule has 0 heterocycles. The maximum atomic E-state index is 13.4. The van der Waals surface area contributed by atoms with Crippen LogP contribution in [0, 0.1) is 5.82 Å². The van der Waals surface area contributed by atoms with Crippen LogP contribution >= 0.6 is 0 Å². The molecule has 0 saturated heterocycles. The molecular formula is C19H27FN2O2. The lowest BCUT2D eigenvalue weighted by atomic mass is 9.97. The molecule has 1 aromatic rings. The number of halogens is 1. The van der Waals surface area contributed by atoms with Gasteiger partial charge in [0, 0.05) is 13.1 Å². The number of nitrogens with one attached hydrogen (secondary N) is 1. The molecule has 1 aromatic carbocycles. The van der Waals surface area contributed by atoms with Crippen molar-refractivity contribution < 1.29 is 13.9 Å². The molecule has 0 fully saturated rings. The van der Waals surface area contributed by atoms with Crippen molar-refractivity contribution >= 4 is 5.91 Å². The molecule has 1 N–H and O–H groups in total. The highest BCUT2D eigenvalue weighted by molar-refractivity contribution is 5.77. The van der Waals surface area contributed by atoms with Crippen LogP contribution in [-0.4, -0.2) is 44.1 Å². The monoisotopic (exact) mass is 334 g/mol. The Morgan fingerprint density at radius 2 is 2.17 bits per heavy atom. The molecular weight excluding hydrogens is 307 g/mol. The quantitative estimate of drug-likeness (QED) is 0.706. The second-order valence-electron chi connectivity index (χ2n) is 6.22. The molecule has 0 aliphatic heterocycles. The van der Waals surface area contributed by atoms with Gasteiger partial charge in [0.05, 0.1) is 6.54 Å². The van der Waals surface area contributed by atoms with Crippen molar-refractivity contribution in [1.29, 1.82) is 0 Å². The van der Waals surface area contributed by atoms with Gasteiger partial charge >= 0.3 is 0 Å². The van der Waals surface area contributed by atoms with Crippen LogP contribution in [0.25, 0.3) is 0 Å². The van der Waals surface area contributed by atoms with Crippen LogP contribution in [0.2, 0.25) is 0 Å². The van der Waals surface area contributed by atoms with Crippen LogP contribution in [0.15, 0.2) is 35.9 Å². The Morgan fingerprint density at radius 3 is 2.92 bits per heavy atom. The largest absolute Gasteiger partial charge is 0.489 e. The van der Waals surface area contributed by atoms with E-state index >= 15 is 0 Å². The van der Waals surface area contributed by atoms with Gasteiger partial charge in [-0.2, -0.15) is 0 Å². The van der Waals surface area contributed by atoms with Crippen molar-refractivity contribution in [2.45, 2.75) is 32.1 Å². The number of nitrogens with zero attached hydrogens (tertiary/aromatic N) is 1. The fraction of sp³-hybridized carbons (Fsp3) is 0.526. The number of para-hydroxylation sites is 1. The fourth-order valence-electron chi connectivity index (χ4n) is 2.75. The zero-order valence-electron chi connectivity index (χ0n) is 14.4. The van der Waals surface area contributed by atoms with Crippen molar-refractivity contribution in [3.05, 3.63) is 41.7 Å². The molecule has 1 aliphatic rings. The summed E-state index contributed by atoms with van der Waals surface area (Å²) in [7, 11) is 1.86. The lowest BCUT2D eigenvalue weighted by molar-refractivity contribution is -0.121. The van der Waals surface area contributed by atoms with Gasteiger partial charge in [0.25, 0.3) is 0 Å². The maximum absolute atomic E-state index is 13.4. The Morgan fingerprint density at radius 1 is 1.33 bits per heavy atom. The maximum Gasteiger partial charge on any atom is 0.234 e. The Bertz CT molecular complexity index is 560. The Balaban J connectivity index is 1.57. The highest BCUT2D eigenvalue weighted by Crippen LogP contribution is 2.19. The SMILES string of the molecule is CN(CCOc1ccccc1F)CC(=O)NCCC1=CCCCC1. The topological polar surface area (TPSA) is 41.6 Å². The predicted molar refractivity (Wildman–Crippen MR) is 93.6 cm³/mol. The predicted octanol–water partition coefficient (Wildman–Crippen LogP) is 3.14. The normalized spacial score (nSPS) is 14.4. The average molecular weight is 334 g/mol. The number of benzene rings is 1. The van der Waals surface area contributed by atoms with E-state index in [1.807, 2.05) is 11.9 Å². The van der Waals surface area contributed by atoms with Gasteiger partial charge < -0.3 is 10.1 Å². The third-order valence-electron chi connectivity index (χ3n) is 4.13. The van der Waals surface area contributed by atoms with Gasteiger partial charge in [-0.05, 0) is 51.3 Å². The number of carbonyl (C=O) groups is 1. The van der Waals surface area contributed by atoms with Gasteiger partial charge in [-0.25, -0.2) is 4.39 Å². The lowest BCUT2D eigenvalue weighted by Crippen LogP contribution is -2.37. The molecule has 1 aliphatic carbocycles. The first-order valence-electron chi connectivity index (χ1n) is 8.65. The van der Waals surface area contributed by atoms with E-state index in [2.05, 4.69) is 11.4 Å². The first-order chi connectivity index (χ1) is 11.6. The molecule has 0 atom stereocenters. The van der Waals surface area contributed by atoms with E-state index in [0.717, 1.165) is 6.42 Å². The van der Waals surface area contributed by atoms with Crippen LogP contribution in [0.4, 0.5) is 4.39 Å². The van der Waals surface area contributed by atoms with E-state index in [-0.39, 0.29) is 17.5 Å². The molecule has 5 heteroatoms. The number of allylic oxidation sites excluding steroid dienone is 1. The number of likely N-dealkylation sites (N-methyl/N-ethyl adjacent to an activating group) is 1. The molecule has 2 rings (SSSR count). The van der Waals surface area contributed by atoms with Crippen molar-refractivity contribution in [2.75, 3.05) is 33.3 Å². The zero-order valence-corrected chi connectivity index (χ0v) is 14.4. The molecule has 0 aromatic heterocycles. The number of carbonyl (C=O) groups excluding carboxylic acids is 1. The van der Waals surface area contributed by atoms with Crippen LogP contribution in [0.3, 0.4) is 0 Å². The Kier molecular flexibility index (Phi) is 7.75. The number of ether oxygens (including phenoxy) is 1. The van der Waals surface area contributed by atoms with E-state index < -0.39 is 0 Å². The van der Waals surface area contributed by atoms with E-state index in [1.165, 1.54) is 37.3 Å². The number of amides is 1. The van der Waals surface area contributed by atoms with E-state index in [4.69, 9.17) is 4.74 Å². The van der Waals surface area contributed by atoms with Gasteiger partial charge in [0.1, 0.15) is 6.61 Å². The van der Waals surface area contributed by atoms with Crippen LogP contribution < -0.4 is 10.1 Å². The summed E-state index contributed by atoms with van der Waals surface area (Å²) in [6, 6.07) is 6.33. The molecule has 132 valence electrons. The lowest BCUT2D eigenvalue weighted by Gasteiger charge is -2.17. The van der Waals surface area contributed by atoms with Crippen molar-refractivity contribution in [1.82, 2.24) is 10.2 Å². The summed E-state index contributed by atoms with van der Waals surface area (Å²) in [6.45, 7) is 1.93. The molecule has 0 unspecified atom stereocenters. The van der Waals surface area contributed by atoms with Crippen molar-refractivity contribution in [3.63, 3.8) is 0 Å². The molecule has 0 saturated carbocycles. The summed E-state index contributed by atoms with van der Waals surface area (Å²) in [4.78, 5) is 13.8. The third-order valence-corrected chi connectivity index (χ3v) is 4.13. The first-order valence-corrected chi connectivity index (χ1v) is 8.65. The van der Waals surface area contributed by atoms with Crippen molar-refractivity contribution in [2.24, 2.45) is 0 Å². The molecule has 0 radical (unpaired) electrons. The van der Waals surface area contributed by atoms with E-state index in [9.17, 15) is 9.18 Å². The summed E-state index contributed by atoms with van der Waals surface area (Å²) in [6.07, 6.45) is 8.16. The minimum absolute atomic E-state index is 0.0137. The molecule has 4 nitrogen and oxygen atoms in total. The van der Waals surface area contributed by atoms with Crippen LogP contribution in [0.5, 0.6) is 5.75 Å². The highest BCUT2D eigenvalue weighted by Gasteiger charge is 2.08. The smallest absolute Gasteiger partial charge is 0.234 e. The van der Waals surface area contributed by atoms with E-state index in [1.54, 1.807) is 18.2 Å². The highest BCUT2D eigenvalue weighted by atomic mass is 19.1. The van der Waals surface area contributed by atoms with Gasteiger partial charge in [-0.3, -0.25) is 9.69 Å². The summed E-state index contributed by atoms with van der Waals surface area (Å²) < 4.78 is 18.8. The van der Waals surface area contributed by atoms with Gasteiger partial charge in [-0.15, -0.1) is 0 Å². The van der Waals surface area contributed by atoms with Crippen LogP contribution in [-0.2, 0) is 4.79 Å². The zero-order chi connectivity index (χ0) is 17.2. The minimum Gasteiger partial charge on any atom is -0.489 e. The number of hydrogen-bond donors (Lipinski definition) is 1. The molecule has 0 spiro atoms. The second-order valence-corrected chi connectivity index (χ2v) is 6.22. The third kappa shape index (κ3) is 6.71. The fourth-order valence-corrected chi connectivity index (χ4v) is 2.75. The standard InChI is InChI=1S/C19H27FN2O2/c1-22(13-14-24-18-10-6-5-9-17(18)20)15-19(23)21-12-11-16-7-3-2-4-8-16/h5-7,9-10H,2-4,8,11-15H2,1H3,(H,21,23). The summed E-state index contributed by atoms with van der Waals surface area (Å²) in [5.74, 6) is -0.106. The number of hydrogen-bond acceptors (Lipinski definition) is 3. The van der Waals surface area contributed by atoms with Crippen molar-refractivity contribution in [3.8, 4) is 5.75 Å². The second kappa shape index (κ2) is 10.1. The Labute approximate surface area is 143 Å². The summed E-state index contributed by atoms with van der Waals surface area (Å²) >= 11 is 0. The van der Waals surface area contributed by atoms with Gasteiger partial charge in [0.2, 0.25) is 5.91 Å². The van der Waals surface area contributed by atoms with Gasteiger partial charge in [-0.1, -0.05) is 23.8 Å². The van der Waals surface area contributed by atoms with E-state index in [0.29, 0.717) is 26.2 Å². The first kappa shape index (κ1) is 18.5. The average Bonchev–Trinajstić information content (AvgIpc) is 2.57. The minimum atomic E-state index is -0.366. The summed E-state index contributed by atoms with van der Waals surface area (Å²) in [5.41, 5.74) is 1.47. The van der Waals surface area contributed by atoms with Crippen LogP contribution in [0.1, 0.15) is 32.1 Å². The molecule has 1 amide bonds.